The molecule has 0 N–H and O–H groups in total. The van der Waals surface area contributed by atoms with Gasteiger partial charge in [-0.3, -0.25) is 0 Å². The minimum atomic E-state index is -1.26. The van der Waals surface area contributed by atoms with Gasteiger partial charge in [0.25, 0.3) is 0 Å². The van der Waals surface area contributed by atoms with Crippen molar-refractivity contribution in [1.82, 2.24) is 0 Å². The van der Waals surface area contributed by atoms with Crippen LogP contribution >= 0.6 is 22.6 Å². The van der Waals surface area contributed by atoms with Crippen LogP contribution in [0.4, 0.5) is 0 Å². The first kappa shape index (κ1) is 19.4. The van der Waals surface area contributed by atoms with Gasteiger partial charge in [-0.1, -0.05) is 94.2 Å². The molecule has 1 aromatic carbocycles. The molecule has 0 aliphatic heterocycles. The minimum Gasteiger partial charge on any atom is -0.0675 e. The zero-order valence-electron chi connectivity index (χ0n) is 14.9. The van der Waals surface area contributed by atoms with Crippen molar-refractivity contribution in [1.29, 1.82) is 0 Å². The van der Waals surface area contributed by atoms with Gasteiger partial charge in [0.15, 0.2) is 0 Å². The summed E-state index contributed by atoms with van der Waals surface area (Å²) in [6.45, 7) is 14.5. The molecule has 0 aliphatic rings. The molecule has 21 heavy (non-hydrogen) atoms. The minimum absolute atomic E-state index is 1.26. The Bertz CT molecular complexity index is 394. The van der Waals surface area contributed by atoms with Crippen molar-refractivity contribution in [2.24, 2.45) is 0 Å². The highest BCUT2D eigenvalue weighted by Crippen LogP contribution is 2.24. The Morgan fingerprint density at radius 3 is 1.14 bits per heavy atom. The number of halogens is 1. The average molecular weight is 433 g/mol. The predicted molar refractivity (Wildman–Crippen MR) is 113 cm³/mol. The summed E-state index contributed by atoms with van der Waals surface area (Å²) in [6, 6.07) is 16.0. The van der Waals surface area contributed by atoms with E-state index in [1.807, 2.05) is 0 Å². The van der Waals surface area contributed by atoms with E-state index in [0.717, 1.165) is 0 Å². The number of hydrogen-bond donors (Lipinski definition) is 0. The molecule has 0 aliphatic carbocycles. The first-order chi connectivity index (χ1) is 9.97. The first-order valence-corrected chi connectivity index (χ1v) is 15.1. The molecule has 0 radical (unpaired) electrons. The standard InChI is InChI=1S/C18H33ISi2/c1-7-20(8-2,9-3)17-13-16(19)14-18(15-17)21(10-4,11-5)12-6/h13-15H,7-12H2,1-6H3. The summed E-state index contributed by atoms with van der Waals surface area (Å²) in [5.41, 5.74) is 0. The molecule has 0 unspecified atom stereocenters. The van der Waals surface area contributed by atoms with Crippen LogP contribution in [0.2, 0.25) is 36.3 Å². The molecule has 0 atom stereocenters. The molecule has 0 spiro atoms. The maximum atomic E-state index is 2.66. The van der Waals surface area contributed by atoms with E-state index >= 15 is 0 Å². The van der Waals surface area contributed by atoms with E-state index in [2.05, 4.69) is 82.3 Å². The Balaban J connectivity index is 3.46. The fraction of sp³-hybridized carbons (Fsp3) is 0.667. The van der Waals surface area contributed by atoms with Crippen molar-refractivity contribution in [2.75, 3.05) is 0 Å². The Hall–Kier alpha value is 0.384. The summed E-state index contributed by atoms with van der Waals surface area (Å²) in [4.78, 5) is 0. The largest absolute Gasteiger partial charge is 0.0859 e. The monoisotopic (exact) mass is 432 g/mol. The molecule has 0 heterocycles. The van der Waals surface area contributed by atoms with E-state index in [4.69, 9.17) is 0 Å². The van der Waals surface area contributed by atoms with Gasteiger partial charge in [0.1, 0.15) is 0 Å². The van der Waals surface area contributed by atoms with Gasteiger partial charge in [-0.25, -0.2) is 0 Å². The van der Waals surface area contributed by atoms with Crippen molar-refractivity contribution in [3.05, 3.63) is 21.8 Å². The third kappa shape index (κ3) is 3.83. The van der Waals surface area contributed by atoms with E-state index in [1.165, 1.54) is 39.8 Å². The Morgan fingerprint density at radius 2 is 0.905 bits per heavy atom. The van der Waals surface area contributed by atoms with Gasteiger partial charge in [0.2, 0.25) is 0 Å². The summed E-state index contributed by atoms with van der Waals surface area (Å²) in [7, 11) is -2.51. The summed E-state index contributed by atoms with van der Waals surface area (Å²) in [6.07, 6.45) is 0. The van der Waals surface area contributed by atoms with Gasteiger partial charge >= 0.3 is 0 Å². The zero-order valence-corrected chi connectivity index (χ0v) is 19.0. The third-order valence-electron chi connectivity index (χ3n) is 6.18. The van der Waals surface area contributed by atoms with Gasteiger partial charge in [-0.2, -0.15) is 0 Å². The second kappa shape index (κ2) is 8.30. The van der Waals surface area contributed by atoms with Crippen molar-refractivity contribution in [3.8, 4) is 0 Å². The smallest absolute Gasteiger partial charge is 0.0675 e. The van der Waals surface area contributed by atoms with Crippen LogP contribution in [-0.2, 0) is 0 Å². The van der Waals surface area contributed by atoms with Crippen molar-refractivity contribution in [3.63, 3.8) is 0 Å². The van der Waals surface area contributed by atoms with Crippen LogP contribution in [0.5, 0.6) is 0 Å². The molecule has 0 saturated heterocycles. The van der Waals surface area contributed by atoms with Crippen LogP contribution in [0.15, 0.2) is 18.2 Å². The van der Waals surface area contributed by atoms with E-state index in [1.54, 1.807) is 10.4 Å². The molecule has 0 amide bonds. The highest BCUT2D eigenvalue weighted by Gasteiger charge is 2.33. The molecule has 1 rings (SSSR count). The van der Waals surface area contributed by atoms with Crippen LogP contribution < -0.4 is 10.4 Å². The van der Waals surface area contributed by atoms with Crippen LogP contribution in [0.3, 0.4) is 0 Å². The highest BCUT2D eigenvalue weighted by molar-refractivity contribution is 14.1. The average Bonchev–Trinajstić information content (AvgIpc) is 2.52. The van der Waals surface area contributed by atoms with E-state index in [-0.39, 0.29) is 0 Å². The zero-order chi connectivity index (χ0) is 16.1. The van der Waals surface area contributed by atoms with Gasteiger partial charge in [-0.05, 0) is 34.7 Å². The molecule has 1 aromatic rings. The molecule has 3 heteroatoms. The first-order valence-electron chi connectivity index (χ1n) is 8.78. The van der Waals surface area contributed by atoms with Crippen molar-refractivity contribution < 1.29 is 0 Å². The van der Waals surface area contributed by atoms with Crippen LogP contribution in [-0.4, -0.2) is 16.1 Å². The molecule has 0 nitrogen and oxygen atoms in total. The SMILES string of the molecule is CC[Si](CC)(CC)c1cc(I)cc([Si](CC)(CC)CC)c1. The topological polar surface area (TPSA) is 0 Å². The lowest BCUT2D eigenvalue weighted by atomic mass is 10.4. The fourth-order valence-electron chi connectivity index (χ4n) is 3.93. The van der Waals surface area contributed by atoms with Crippen LogP contribution in [0.1, 0.15) is 41.5 Å². The predicted octanol–water partition coefficient (Wildman–Crippen LogP) is 5.72. The van der Waals surface area contributed by atoms with E-state index in [0.29, 0.717) is 0 Å². The molecular formula is C18H33ISi2. The second-order valence-corrected chi connectivity index (χ2v) is 18.2. The summed E-state index contributed by atoms with van der Waals surface area (Å²) in [5.74, 6) is 0. The molecule has 0 fully saturated rings. The van der Waals surface area contributed by atoms with Gasteiger partial charge < -0.3 is 0 Å². The van der Waals surface area contributed by atoms with Gasteiger partial charge in [-0.15, -0.1) is 0 Å². The quantitative estimate of drug-likeness (QED) is 0.364. The lowest BCUT2D eigenvalue weighted by molar-refractivity contribution is 1.19. The third-order valence-corrected chi connectivity index (χ3v) is 18.0. The maximum absolute atomic E-state index is 2.66. The second-order valence-electron chi connectivity index (χ2n) is 6.41. The summed E-state index contributed by atoms with van der Waals surface area (Å²) < 4.78 is 1.47. The van der Waals surface area contributed by atoms with Gasteiger partial charge in [0, 0.05) is 3.57 Å². The Kier molecular flexibility index (Phi) is 7.68. The molecular weight excluding hydrogens is 399 g/mol. The van der Waals surface area contributed by atoms with Gasteiger partial charge in [0.05, 0.1) is 16.1 Å². The maximum Gasteiger partial charge on any atom is 0.0859 e. The summed E-state index contributed by atoms with van der Waals surface area (Å²) in [5, 5.41) is 3.48. The van der Waals surface area contributed by atoms with Crippen LogP contribution in [0.25, 0.3) is 0 Å². The van der Waals surface area contributed by atoms with E-state index < -0.39 is 16.1 Å². The summed E-state index contributed by atoms with van der Waals surface area (Å²) >= 11 is 2.55. The fourth-order valence-corrected chi connectivity index (χ4v) is 12.6. The molecule has 0 bridgehead atoms. The molecule has 0 aromatic heterocycles. The number of rotatable bonds is 8. The van der Waals surface area contributed by atoms with Crippen molar-refractivity contribution in [2.45, 2.75) is 77.8 Å². The molecule has 120 valence electrons. The molecule has 0 saturated carbocycles. The lowest BCUT2D eigenvalue weighted by Crippen LogP contribution is -2.52. The van der Waals surface area contributed by atoms with Crippen molar-refractivity contribution >= 4 is 49.1 Å². The van der Waals surface area contributed by atoms with Crippen LogP contribution in [0, 0.1) is 3.57 Å². The Labute approximate surface area is 148 Å². The Morgan fingerprint density at radius 1 is 0.619 bits per heavy atom. The normalized spacial score (nSPS) is 12.7. The lowest BCUT2D eigenvalue weighted by Gasteiger charge is -2.33. The number of benzene rings is 1. The number of hydrogen-bond acceptors (Lipinski definition) is 0. The highest BCUT2D eigenvalue weighted by atomic mass is 127. The van der Waals surface area contributed by atoms with E-state index in [9.17, 15) is 0 Å².